The molecule has 144 valence electrons. The Kier molecular flexibility index (Phi) is 6.16. The van der Waals surface area contributed by atoms with Gasteiger partial charge >= 0.3 is 0 Å². The molecule has 26 heavy (non-hydrogen) atoms. The van der Waals surface area contributed by atoms with Crippen LogP contribution in [0.5, 0.6) is 0 Å². The van der Waals surface area contributed by atoms with Crippen LogP contribution in [0.2, 0.25) is 0 Å². The van der Waals surface area contributed by atoms with Crippen LogP contribution in [-0.4, -0.2) is 63.8 Å². The number of nitrogens with zero attached hydrogens (tertiary/aromatic N) is 2. The summed E-state index contributed by atoms with van der Waals surface area (Å²) in [6.07, 6.45) is 5.18. The van der Waals surface area contributed by atoms with E-state index in [9.17, 15) is 13.2 Å². The highest BCUT2D eigenvalue weighted by atomic mass is 32.2. The first kappa shape index (κ1) is 19.1. The van der Waals surface area contributed by atoms with Gasteiger partial charge in [0.25, 0.3) is 0 Å². The molecule has 8 heteroatoms. The maximum absolute atomic E-state index is 12.3. The number of amides is 1. The number of ether oxygens (including phenoxy) is 1. The largest absolute Gasteiger partial charge is 0.377 e. The minimum atomic E-state index is -3.47. The van der Waals surface area contributed by atoms with Crippen molar-refractivity contribution in [3.05, 3.63) is 24.3 Å². The minimum absolute atomic E-state index is 0.128. The number of hydrogen-bond donors (Lipinski definition) is 1. The topological polar surface area (TPSA) is 79.0 Å². The van der Waals surface area contributed by atoms with E-state index in [1.165, 1.54) is 17.1 Å². The van der Waals surface area contributed by atoms with Gasteiger partial charge in [0, 0.05) is 37.6 Å². The number of anilines is 2. The van der Waals surface area contributed by atoms with Crippen LogP contribution in [0, 0.1) is 0 Å². The summed E-state index contributed by atoms with van der Waals surface area (Å²) in [5, 5.41) is 2.78. The molecular formula is C18H27N3O4S. The summed E-state index contributed by atoms with van der Waals surface area (Å²) in [5.41, 5.74) is 1.82. The average molecular weight is 381 g/mol. The zero-order valence-corrected chi connectivity index (χ0v) is 16.0. The fourth-order valence-corrected chi connectivity index (χ4v) is 4.21. The Bertz CT molecular complexity index is 708. The van der Waals surface area contributed by atoms with E-state index in [-0.39, 0.29) is 25.1 Å². The molecule has 2 fully saturated rings. The fraction of sp³-hybridized carbons (Fsp3) is 0.611. The number of carbonyl (C=O) groups excluding carboxylic acids is 1. The van der Waals surface area contributed by atoms with Crippen LogP contribution in [0.1, 0.15) is 25.7 Å². The standard InChI is InChI=1S/C18H27N3O4S/c1-26(23,24)21(13-17-5-4-12-25-17)14-18(22)19-15-6-8-16(9-7-15)20-10-2-3-11-20/h6-9,17H,2-5,10-14H2,1H3,(H,19,22). The van der Waals surface area contributed by atoms with Crippen molar-refractivity contribution >= 4 is 27.3 Å². The number of hydrogen-bond acceptors (Lipinski definition) is 5. The van der Waals surface area contributed by atoms with Crippen molar-refractivity contribution in [2.45, 2.75) is 31.8 Å². The lowest BCUT2D eigenvalue weighted by atomic mass is 10.2. The van der Waals surface area contributed by atoms with Crippen LogP contribution >= 0.6 is 0 Å². The van der Waals surface area contributed by atoms with Gasteiger partial charge in [-0.3, -0.25) is 4.79 Å². The Hall–Kier alpha value is -1.64. The van der Waals surface area contributed by atoms with Crippen molar-refractivity contribution in [3.63, 3.8) is 0 Å². The molecular weight excluding hydrogens is 354 g/mol. The molecule has 2 aliphatic rings. The highest BCUT2D eigenvalue weighted by molar-refractivity contribution is 7.88. The van der Waals surface area contributed by atoms with Gasteiger partial charge < -0.3 is 15.0 Å². The van der Waals surface area contributed by atoms with Crippen LogP contribution in [0.3, 0.4) is 0 Å². The third-order valence-electron chi connectivity index (χ3n) is 4.84. The summed E-state index contributed by atoms with van der Waals surface area (Å²) in [6, 6.07) is 7.69. The van der Waals surface area contributed by atoms with E-state index in [0.717, 1.165) is 37.9 Å². The molecule has 0 aliphatic carbocycles. The molecule has 2 saturated heterocycles. The predicted octanol–water partition coefficient (Wildman–Crippen LogP) is 1.67. The maximum Gasteiger partial charge on any atom is 0.239 e. The van der Waals surface area contributed by atoms with Crippen molar-refractivity contribution in [2.24, 2.45) is 0 Å². The molecule has 2 aliphatic heterocycles. The molecule has 3 rings (SSSR count). The van der Waals surface area contributed by atoms with Crippen molar-refractivity contribution in [1.82, 2.24) is 4.31 Å². The number of rotatable bonds is 7. The predicted molar refractivity (Wildman–Crippen MR) is 102 cm³/mol. The van der Waals surface area contributed by atoms with Crippen molar-refractivity contribution in [3.8, 4) is 0 Å². The Morgan fingerprint density at radius 2 is 1.92 bits per heavy atom. The highest BCUT2D eigenvalue weighted by Gasteiger charge is 2.26. The summed E-state index contributed by atoms with van der Waals surface area (Å²) in [7, 11) is -3.47. The van der Waals surface area contributed by atoms with E-state index in [1.54, 1.807) is 0 Å². The van der Waals surface area contributed by atoms with Crippen LogP contribution in [-0.2, 0) is 19.6 Å². The van der Waals surface area contributed by atoms with E-state index in [0.29, 0.717) is 12.3 Å². The zero-order chi connectivity index (χ0) is 18.6. The van der Waals surface area contributed by atoms with Crippen LogP contribution in [0.25, 0.3) is 0 Å². The monoisotopic (exact) mass is 381 g/mol. The average Bonchev–Trinajstić information content (AvgIpc) is 3.28. The summed E-state index contributed by atoms with van der Waals surface area (Å²) < 4.78 is 30.7. The lowest BCUT2D eigenvalue weighted by Gasteiger charge is -2.22. The smallest absolute Gasteiger partial charge is 0.239 e. The minimum Gasteiger partial charge on any atom is -0.377 e. The summed E-state index contributed by atoms with van der Waals surface area (Å²) in [4.78, 5) is 14.6. The van der Waals surface area contributed by atoms with E-state index in [1.807, 2.05) is 24.3 Å². The first-order valence-corrected chi connectivity index (χ1v) is 11.0. The van der Waals surface area contributed by atoms with Crippen molar-refractivity contribution in [1.29, 1.82) is 0 Å². The molecule has 0 bridgehead atoms. The van der Waals surface area contributed by atoms with Gasteiger partial charge in [-0.1, -0.05) is 0 Å². The van der Waals surface area contributed by atoms with Gasteiger partial charge in [0.05, 0.1) is 18.9 Å². The van der Waals surface area contributed by atoms with E-state index in [4.69, 9.17) is 4.74 Å². The van der Waals surface area contributed by atoms with Gasteiger partial charge in [0.15, 0.2) is 0 Å². The Labute approximate surface area is 155 Å². The second-order valence-corrected chi connectivity index (χ2v) is 8.96. The molecule has 1 N–H and O–H groups in total. The number of carbonyl (C=O) groups is 1. The maximum atomic E-state index is 12.3. The molecule has 1 unspecified atom stereocenters. The van der Waals surface area contributed by atoms with Gasteiger partial charge in [-0.05, 0) is 49.9 Å². The van der Waals surface area contributed by atoms with E-state index in [2.05, 4.69) is 10.2 Å². The van der Waals surface area contributed by atoms with Crippen LogP contribution in [0.4, 0.5) is 11.4 Å². The molecule has 0 spiro atoms. The molecule has 0 saturated carbocycles. The second kappa shape index (κ2) is 8.37. The molecule has 1 atom stereocenters. The first-order valence-electron chi connectivity index (χ1n) is 9.13. The Balaban J connectivity index is 1.57. The molecule has 1 amide bonds. The number of sulfonamides is 1. The van der Waals surface area contributed by atoms with E-state index < -0.39 is 10.0 Å². The lowest BCUT2D eigenvalue weighted by molar-refractivity contribution is -0.116. The zero-order valence-electron chi connectivity index (χ0n) is 15.2. The second-order valence-electron chi connectivity index (χ2n) is 6.98. The fourth-order valence-electron chi connectivity index (χ4n) is 3.42. The van der Waals surface area contributed by atoms with E-state index >= 15 is 0 Å². The lowest BCUT2D eigenvalue weighted by Crippen LogP contribution is -2.41. The highest BCUT2D eigenvalue weighted by Crippen LogP contribution is 2.22. The molecule has 0 radical (unpaired) electrons. The third-order valence-corrected chi connectivity index (χ3v) is 6.06. The Morgan fingerprint density at radius 3 is 2.50 bits per heavy atom. The van der Waals surface area contributed by atoms with Gasteiger partial charge in [-0.25, -0.2) is 8.42 Å². The molecule has 1 aromatic carbocycles. The number of benzene rings is 1. The molecule has 1 aromatic rings. The normalized spacial score (nSPS) is 20.7. The third kappa shape index (κ3) is 5.18. The van der Waals surface area contributed by atoms with Crippen LogP contribution < -0.4 is 10.2 Å². The summed E-state index contributed by atoms with van der Waals surface area (Å²) in [5.74, 6) is -0.345. The molecule has 0 aromatic heterocycles. The first-order chi connectivity index (χ1) is 12.4. The summed E-state index contributed by atoms with van der Waals surface area (Å²) in [6.45, 7) is 2.81. The number of nitrogens with one attached hydrogen (secondary N) is 1. The van der Waals surface area contributed by atoms with Crippen molar-refractivity contribution in [2.75, 3.05) is 49.3 Å². The molecule has 2 heterocycles. The van der Waals surface area contributed by atoms with Crippen LogP contribution in [0.15, 0.2) is 24.3 Å². The quantitative estimate of drug-likeness (QED) is 0.777. The van der Waals surface area contributed by atoms with Gasteiger partial charge in [0.1, 0.15) is 0 Å². The summed E-state index contributed by atoms with van der Waals surface area (Å²) >= 11 is 0. The molecule has 7 nitrogen and oxygen atoms in total. The van der Waals surface area contributed by atoms with Crippen molar-refractivity contribution < 1.29 is 17.9 Å². The van der Waals surface area contributed by atoms with Gasteiger partial charge in [-0.15, -0.1) is 0 Å². The SMILES string of the molecule is CS(=O)(=O)N(CC(=O)Nc1ccc(N2CCCC2)cc1)CC1CCCO1. The van der Waals surface area contributed by atoms with Gasteiger partial charge in [0.2, 0.25) is 15.9 Å². The Morgan fingerprint density at radius 1 is 1.23 bits per heavy atom. The van der Waals surface area contributed by atoms with Gasteiger partial charge in [-0.2, -0.15) is 4.31 Å².